The molecule has 0 saturated heterocycles. The number of nitrogens with one attached hydrogen (secondary N) is 1. The summed E-state index contributed by atoms with van der Waals surface area (Å²) in [6.45, 7) is 4.35. The lowest BCUT2D eigenvalue weighted by Gasteiger charge is -2.13. The van der Waals surface area contributed by atoms with E-state index < -0.39 is 0 Å². The summed E-state index contributed by atoms with van der Waals surface area (Å²) in [6, 6.07) is 17.2. The maximum absolute atomic E-state index is 12.4. The van der Waals surface area contributed by atoms with Crippen LogP contribution in [0.25, 0.3) is 10.9 Å². The van der Waals surface area contributed by atoms with Crippen LogP contribution >= 0.6 is 0 Å². The molecule has 0 aliphatic carbocycles. The first-order chi connectivity index (χ1) is 12.1. The van der Waals surface area contributed by atoms with Crippen LogP contribution in [-0.4, -0.2) is 10.5 Å². The van der Waals surface area contributed by atoms with Crippen LogP contribution in [0.4, 0.5) is 5.69 Å². The number of aromatic nitrogens is 1. The van der Waals surface area contributed by atoms with Gasteiger partial charge < -0.3 is 9.88 Å². The number of amides is 1. The molecule has 0 atom stereocenters. The predicted molar refractivity (Wildman–Crippen MR) is 102 cm³/mol. The minimum absolute atomic E-state index is 0.0713. The third-order valence-corrected chi connectivity index (χ3v) is 4.46. The van der Waals surface area contributed by atoms with Gasteiger partial charge in [-0.3, -0.25) is 9.59 Å². The van der Waals surface area contributed by atoms with E-state index in [2.05, 4.69) is 12.2 Å². The highest BCUT2D eigenvalue weighted by molar-refractivity contribution is 5.91. The van der Waals surface area contributed by atoms with E-state index in [0.717, 1.165) is 34.1 Å². The molecule has 3 aromatic rings. The van der Waals surface area contributed by atoms with Crippen molar-refractivity contribution in [3.05, 3.63) is 76.1 Å². The van der Waals surface area contributed by atoms with Crippen molar-refractivity contribution in [2.45, 2.75) is 33.2 Å². The lowest BCUT2D eigenvalue weighted by atomic mass is 10.1. The van der Waals surface area contributed by atoms with E-state index in [1.165, 1.54) is 0 Å². The fraction of sp³-hybridized carbons (Fsp3) is 0.238. The molecule has 3 rings (SSSR count). The van der Waals surface area contributed by atoms with Gasteiger partial charge in [0.15, 0.2) is 0 Å². The Balaban J connectivity index is 1.79. The molecule has 4 nitrogen and oxygen atoms in total. The normalized spacial score (nSPS) is 10.8. The minimum Gasteiger partial charge on any atom is -0.326 e. The van der Waals surface area contributed by atoms with E-state index in [-0.39, 0.29) is 17.9 Å². The largest absolute Gasteiger partial charge is 0.326 e. The second-order valence-electron chi connectivity index (χ2n) is 6.14. The van der Waals surface area contributed by atoms with Gasteiger partial charge in [-0.15, -0.1) is 0 Å². The van der Waals surface area contributed by atoms with Gasteiger partial charge in [-0.25, -0.2) is 0 Å². The van der Waals surface area contributed by atoms with Gasteiger partial charge in [-0.1, -0.05) is 43.3 Å². The Bertz CT molecular complexity index is 973. The monoisotopic (exact) mass is 334 g/mol. The second-order valence-corrected chi connectivity index (χ2v) is 6.14. The predicted octanol–water partition coefficient (Wildman–Crippen LogP) is 3.90. The number of carbonyl (C=O) groups is 1. The minimum atomic E-state index is -0.0857. The maximum Gasteiger partial charge on any atom is 0.251 e. The molecule has 0 bridgehead atoms. The number of nitrogens with zero attached hydrogens (tertiary/aromatic N) is 1. The zero-order valence-electron chi connectivity index (χ0n) is 14.6. The molecule has 0 fully saturated rings. The summed E-state index contributed by atoms with van der Waals surface area (Å²) in [5.74, 6) is -0.0857. The van der Waals surface area contributed by atoms with Crippen LogP contribution < -0.4 is 10.9 Å². The van der Waals surface area contributed by atoms with Crippen molar-refractivity contribution in [1.29, 1.82) is 0 Å². The molecule has 25 heavy (non-hydrogen) atoms. The number of rotatable bonds is 5. The highest BCUT2D eigenvalue weighted by Gasteiger charge is 2.09. The van der Waals surface area contributed by atoms with E-state index in [4.69, 9.17) is 0 Å². The number of benzene rings is 2. The van der Waals surface area contributed by atoms with Gasteiger partial charge >= 0.3 is 0 Å². The molecule has 0 unspecified atom stereocenters. The molecule has 0 aliphatic heterocycles. The quantitative estimate of drug-likeness (QED) is 0.769. The van der Waals surface area contributed by atoms with E-state index in [9.17, 15) is 9.59 Å². The lowest BCUT2D eigenvalue weighted by molar-refractivity contribution is -0.116. The highest BCUT2D eigenvalue weighted by atomic mass is 16.1. The molecule has 0 aliphatic rings. The van der Waals surface area contributed by atoms with Crippen LogP contribution in [0, 0.1) is 6.92 Å². The number of anilines is 1. The van der Waals surface area contributed by atoms with Crippen LogP contribution in [0.2, 0.25) is 0 Å². The zero-order valence-corrected chi connectivity index (χ0v) is 14.6. The van der Waals surface area contributed by atoms with Gasteiger partial charge in [0.25, 0.3) is 5.56 Å². The number of aryl methyl sites for hydroxylation is 3. The molecule has 0 saturated carbocycles. The maximum atomic E-state index is 12.4. The Morgan fingerprint density at radius 2 is 1.80 bits per heavy atom. The summed E-state index contributed by atoms with van der Waals surface area (Å²) in [7, 11) is 0. The molecule has 1 amide bonds. The van der Waals surface area contributed by atoms with Gasteiger partial charge in [0.1, 0.15) is 0 Å². The number of hydrogen-bond acceptors (Lipinski definition) is 2. The molecule has 1 aromatic heterocycles. The first-order valence-corrected chi connectivity index (χ1v) is 8.57. The molecular formula is C21H22N2O2. The van der Waals surface area contributed by atoms with E-state index >= 15 is 0 Å². The summed E-state index contributed by atoms with van der Waals surface area (Å²) < 4.78 is 1.67. The number of pyridine rings is 1. The third kappa shape index (κ3) is 3.63. The third-order valence-electron chi connectivity index (χ3n) is 4.46. The standard InChI is InChI=1S/C21H22N2O2/c1-3-16-8-4-6-10-18(16)22-20(24)12-13-23-19-11-7-5-9-17(19)15(2)14-21(23)25/h4-11,14H,3,12-13H2,1-2H3,(H,22,24). The summed E-state index contributed by atoms with van der Waals surface area (Å²) >= 11 is 0. The second kappa shape index (κ2) is 7.34. The molecule has 1 N–H and O–H groups in total. The van der Waals surface area contributed by atoms with E-state index in [1.54, 1.807) is 10.6 Å². The molecule has 2 aromatic carbocycles. The summed E-state index contributed by atoms with van der Waals surface area (Å²) in [5, 5.41) is 4.00. The van der Waals surface area contributed by atoms with Crippen molar-refractivity contribution in [1.82, 2.24) is 4.57 Å². The first kappa shape index (κ1) is 17.0. The molecule has 128 valence electrons. The van der Waals surface area contributed by atoms with Crippen molar-refractivity contribution in [2.75, 3.05) is 5.32 Å². The summed E-state index contributed by atoms with van der Waals surface area (Å²) in [4.78, 5) is 24.7. The number of para-hydroxylation sites is 2. The zero-order chi connectivity index (χ0) is 17.8. The van der Waals surface area contributed by atoms with Gasteiger partial charge in [0.2, 0.25) is 5.91 Å². The average Bonchev–Trinajstić information content (AvgIpc) is 2.62. The van der Waals surface area contributed by atoms with Crippen LogP contribution in [0.1, 0.15) is 24.5 Å². The fourth-order valence-electron chi connectivity index (χ4n) is 3.11. The number of hydrogen-bond donors (Lipinski definition) is 1. The molecule has 4 heteroatoms. The summed E-state index contributed by atoms with van der Waals surface area (Å²) in [5.41, 5.74) is 3.70. The number of fused-ring (bicyclic) bond motifs is 1. The van der Waals surface area contributed by atoms with Gasteiger partial charge in [-0.2, -0.15) is 0 Å². The molecule has 1 heterocycles. The van der Waals surface area contributed by atoms with E-state index in [0.29, 0.717) is 6.54 Å². The smallest absolute Gasteiger partial charge is 0.251 e. The Labute approximate surface area is 147 Å². The van der Waals surface area contributed by atoms with Crippen molar-refractivity contribution < 1.29 is 4.79 Å². The Kier molecular flexibility index (Phi) is 4.98. The molecule has 0 radical (unpaired) electrons. The fourth-order valence-corrected chi connectivity index (χ4v) is 3.11. The van der Waals surface area contributed by atoms with Crippen molar-refractivity contribution in [3.8, 4) is 0 Å². The molecule has 0 spiro atoms. The van der Waals surface area contributed by atoms with Crippen LogP contribution in [-0.2, 0) is 17.8 Å². The van der Waals surface area contributed by atoms with Gasteiger partial charge in [0, 0.05) is 30.1 Å². The van der Waals surface area contributed by atoms with Gasteiger partial charge in [0.05, 0.1) is 5.52 Å². The molecular weight excluding hydrogens is 312 g/mol. The summed E-state index contributed by atoms with van der Waals surface area (Å²) in [6.07, 6.45) is 1.11. The lowest BCUT2D eigenvalue weighted by Crippen LogP contribution is -2.23. The first-order valence-electron chi connectivity index (χ1n) is 8.57. The van der Waals surface area contributed by atoms with Gasteiger partial charge in [-0.05, 0) is 36.6 Å². The van der Waals surface area contributed by atoms with E-state index in [1.807, 2.05) is 55.5 Å². The Hall–Kier alpha value is -2.88. The Morgan fingerprint density at radius 1 is 1.08 bits per heavy atom. The van der Waals surface area contributed by atoms with Crippen molar-refractivity contribution >= 4 is 22.5 Å². The van der Waals surface area contributed by atoms with Crippen molar-refractivity contribution in [2.24, 2.45) is 0 Å². The highest BCUT2D eigenvalue weighted by Crippen LogP contribution is 2.17. The topological polar surface area (TPSA) is 51.1 Å². The van der Waals surface area contributed by atoms with Crippen LogP contribution in [0.5, 0.6) is 0 Å². The van der Waals surface area contributed by atoms with Crippen molar-refractivity contribution in [3.63, 3.8) is 0 Å². The van der Waals surface area contributed by atoms with Crippen LogP contribution in [0.3, 0.4) is 0 Å². The average molecular weight is 334 g/mol. The SMILES string of the molecule is CCc1ccccc1NC(=O)CCn1c(=O)cc(C)c2ccccc21. The van der Waals surface area contributed by atoms with Crippen LogP contribution in [0.15, 0.2) is 59.4 Å². The Morgan fingerprint density at radius 3 is 2.60 bits per heavy atom. The number of carbonyl (C=O) groups excluding carboxylic acids is 1.